The number of esters is 2. The first-order valence-electron chi connectivity index (χ1n) is 7.76. The summed E-state index contributed by atoms with van der Waals surface area (Å²) in [5.41, 5.74) is 0.657. The Balaban J connectivity index is 1.80. The number of hydrogen-bond acceptors (Lipinski definition) is 5. The molecule has 5 nitrogen and oxygen atoms in total. The largest absolute Gasteiger partial charge is 0.423 e. The van der Waals surface area contributed by atoms with Crippen LogP contribution in [0.2, 0.25) is 0 Å². The van der Waals surface area contributed by atoms with Crippen molar-refractivity contribution in [2.45, 2.75) is 0 Å². The lowest BCUT2D eigenvalue weighted by atomic mass is 10.1. The van der Waals surface area contributed by atoms with Crippen LogP contribution in [0.25, 0.3) is 0 Å². The Bertz CT molecular complexity index is 973. The number of ether oxygens (including phenoxy) is 2. The highest BCUT2D eigenvalue weighted by Gasteiger charge is 2.20. The van der Waals surface area contributed by atoms with Crippen LogP contribution in [0.4, 0.5) is 0 Å². The highest BCUT2D eigenvalue weighted by atomic mass is 16.5. The zero-order valence-corrected chi connectivity index (χ0v) is 13.6. The Morgan fingerprint density at radius 1 is 0.654 bits per heavy atom. The first-order chi connectivity index (χ1) is 12.7. The molecular formula is C21H13NO4. The lowest BCUT2D eigenvalue weighted by Crippen LogP contribution is -2.17. The van der Waals surface area contributed by atoms with Gasteiger partial charge in [-0.05, 0) is 48.5 Å². The van der Waals surface area contributed by atoms with Crippen molar-refractivity contribution >= 4 is 11.9 Å². The van der Waals surface area contributed by atoms with E-state index in [-0.39, 0.29) is 16.9 Å². The first kappa shape index (κ1) is 16.9. The highest BCUT2D eigenvalue weighted by Crippen LogP contribution is 2.18. The fraction of sp³-hybridized carbons (Fsp3) is 0. The molecule has 0 atom stereocenters. The molecule has 0 amide bonds. The van der Waals surface area contributed by atoms with E-state index in [2.05, 4.69) is 0 Å². The van der Waals surface area contributed by atoms with Gasteiger partial charge >= 0.3 is 11.9 Å². The van der Waals surface area contributed by atoms with E-state index >= 15 is 0 Å². The molecule has 0 aliphatic heterocycles. The Labute approximate surface area is 150 Å². The van der Waals surface area contributed by atoms with Gasteiger partial charge < -0.3 is 9.47 Å². The molecule has 0 saturated heterocycles. The molecule has 0 heterocycles. The molecule has 0 N–H and O–H groups in total. The van der Waals surface area contributed by atoms with Crippen LogP contribution in [-0.2, 0) is 0 Å². The minimum absolute atomic E-state index is 0.0952. The number of nitrogens with zero attached hydrogens (tertiary/aromatic N) is 1. The van der Waals surface area contributed by atoms with Gasteiger partial charge in [-0.15, -0.1) is 0 Å². The van der Waals surface area contributed by atoms with Gasteiger partial charge in [-0.1, -0.05) is 30.3 Å². The second-order valence-electron chi connectivity index (χ2n) is 5.27. The fourth-order valence-corrected chi connectivity index (χ4v) is 2.25. The van der Waals surface area contributed by atoms with Gasteiger partial charge in [0, 0.05) is 0 Å². The van der Waals surface area contributed by atoms with Crippen LogP contribution in [0.15, 0.2) is 78.9 Å². The Morgan fingerprint density at radius 3 is 1.62 bits per heavy atom. The second kappa shape index (κ2) is 7.77. The molecule has 0 aromatic heterocycles. The predicted molar refractivity (Wildman–Crippen MR) is 94.0 cm³/mol. The van der Waals surface area contributed by atoms with Crippen LogP contribution in [0.1, 0.15) is 26.3 Å². The first-order valence-corrected chi connectivity index (χ1v) is 7.76. The number of carbonyl (C=O) groups excluding carboxylic acids is 2. The predicted octanol–water partition coefficient (Wildman–Crippen LogP) is 4.00. The summed E-state index contributed by atoms with van der Waals surface area (Å²) in [4.78, 5) is 24.9. The van der Waals surface area contributed by atoms with E-state index in [1.54, 1.807) is 42.5 Å². The van der Waals surface area contributed by atoms with Crippen LogP contribution >= 0.6 is 0 Å². The van der Waals surface area contributed by atoms with E-state index in [0.29, 0.717) is 11.3 Å². The lowest BCUT2D eigenvalue weighted by molar-refractivity contribution is 0.0692. The van der Waals surface area contributed by atoms with Gasteiger partial charge in [0.25, 0.3) is 0 Å². The maximum Gasteiger partial charge on any atom is 0.344 e. The maximum absolute atomic E-state index is 12.5. The highest BCUT2D eigenvalue weighted by molar-refractivity contribution is 6.04. The van der Waals surface area contributed by atoms with Crippen LogP contribution in [0.5, 0.6) is 11.5 Å². The van der Waals surface area contributed by atoms with Gasteiger partial charge in [0.1, 0.15) is 11.5 Å². The average Bonchev–Trinajstić information content (AvgIpc) is 2.69. The van der Waals surface area contributed by atoms with Crippen molar-refractivity contribution in [1.29, 1.82) is 5.26 Å². The van der Waals surface area contributed by atoms with E-state index in [1.165, 1.54) is 36.4 Å². The minimum atomic E-state index is -0.685. The molecule has 5 heteroatoms. The SMILES string of the molecule is N#Cc1ccc(OC(=O)c2ccccc2C(=O)Oc2ccccc2)cc1. The summed E-state index contributed by atoms with van der Waals surface area (Å²) in [5, 5.41) is 8.80. The quantitative estimate of drug-likeness (QED) is 0.529. The van der Waals surface area contributed by atoms with Crippen molar-refractivity contribution in [2.24, 2.45) is 0 Å². The number of para-hydroxylation sites is 1. The number of nitriles is 1. The van der Waals surface area contributed by atoms with Gasteiger partial charge in [-0.3, -0.25) is 0 Å². The van der Waals surface area contributed by atoms with E-state index in [0.717, 1.165) is 0 Å². The monoisotopic (exact) mass is 343 g/mol. The molecule has 0 spiro atoms. The van der Waals surface area contributed by atoms with Crippen molar-refractivity contribution in [3.8, 4) is 17.6 Å². The summed E-state index contributed by atoms with van der Waals surface area (Å²) in [6.45, 7) is 0. The third kappa shape index (κ3) is 3.94. The van der Waals surface area contributed by atoms with Crippen molar-refractivity contribution in [2.75, 3.05) is 0 Å². The number of benzene rings is 3. The molecule has 0 bridgehead atoms. The Hall–Kier alpha value is -3.91. The number of rotatable bonds is 4. The molecule has 26 heavy (non-hydrogen) atoms. The molecule has 0 aliphatic carbocycles. The summed E-state index contributed by atoms with van der Waals surface area (Å²) < 4.78 is 10.6. The lowest BCUT2D eigenvalue weighted by Gasteiger charge is -2.09. The molecule has 3 rings (SSSR count). The molecule has 0 aliphatic rings. The van der Waals surface area contributed by atoms with E-state index < -0.39 is 11.9 Å². The van der Waals surface area contributed by atoms with Crippen molar-refractivity contribution in [1.82, 2.24) is 0 Å². The Kier molecular flexibility index (Phi) is 5.06. The minimum Gasteiger partial charge on any atom is -0.423 e. The molecular weight excluding hydrogens is 330 g/mol. The van der Waals surface area contributed by atoms with E-state index in [1.807, 2.05) is 6.07 Å². The van der Waals surface area contributed by atoms with Gasteiger partial charge in [-0.2, -0.15) is 5.26 Å². The van der Waals surface area contributed by atoms with Crippen LogP contribution in [0, 0.1) is 11.3 Å². The third-order valence-electron chi connectivity index (χ3n) is 3.51. The van der Waals surface area contributed by atoms with Gasteiger partial charge in [-0.25, -0.2) is 9.59 Å². The summed E-state index contributed by atoms with van der Waals surface area (Å²) in [6, 6.07) is 23.0. The maximum atomic E-state index is 12.5. The van der Waals surface area contributed by atoms with Crippen molar-refractivity contribution in [3.63, 3.8) is 0 Å². The standard InChI is InChI=1S/C21H13NO4/c22-14-15-10-12-17(13-11-15)26-21(24)19-9-5-4-8-18(19)20(23)25-16-6-2-1-3-7-16/h1-13H. The summed E-state index contributed by atoms with van der Waals surface area (Å²) in [6.07, 6.45) is 0. The molecule has 0 unspecified atom stereocenters. The summed E-state index contributed by atoms with van der Waals surface area (Å²) in [7, 11) is 0. The van der Waals surface area contributed by atoms with Gasteiger partial charge in [0.05, 0.1) is 22.8 Å². The second-order valence-corrected chi connectivity index (χ2v) is 5.27. The molecule has 126 valence electrons. The van der Waals surface area contributed by atoms with Gasteiger partial charge in [0.15, 0.2) is 0 Å². The number of hydrogen-bond donors (Lipinski definition) is 0. The molecule has 0 fully saturated rings. The van der Waals surface area contributed by atoms with E-state index in [9.17, 15) is 9.59 Å². The fourth-order valence-electron chi connectivity index (χ4n) is 2.25. The zero-order chi connectivity index (χ0) is 18.4. The number of carbonyl (C=O) groups is 2. The van der Waals surface area contributed by atoms with Gasteiger partial charge in [0.2, 0.25) is 0 Å². The normalized spacial score (nSPS) is 9.81. The van der Waals surface area contributed by atoms with Crippen LogP contribution in [-0.4, -0.2) is 11.9 Å². The summed E-state index contributed by atoms with van der Waals surface area (Å²) in [5.74, 6) is -0.674. The molecule has 0 radical (unpaired) electrons. The van der Waals surface area contributed by atoms with Crippen LogP contribution < -0.4 is 9.47 Å². The summed E-state index contributed by atoms with van der Waals surface area (Å²) >= 11 is 0. The molecule has 3 aromatic rings. The topological polar surface area (TPSA) is 76.4 Å². The molecule has 0 saturated carbocycles. The van der Waals surface area contributed by atoms with Crippen LogP contribution in [0.3, 0.4) is 0 Å². The average molecular weight is 343 g/mol. The van der Waals surface area contributed by atoms with Crippen molar-refractivity contribution < 1.29 is 19.1 Å². The third-order valence-corrected chi connectivity index (χ3v) is 3.51. The van der Waals surface area contributed by atoms with E-state index in [4.69, 9.17) is 14.7 Å². The van der Waals surface area contributed by atoms with Crippen molar-refractivity contribution in [3.05, 3.63) is 95.6 Å². The molecule has 3 aromatic carbocycles. The Morgan fingerprint density at radius 2 is 1.12 bits per heavy atom. The zero-order valence-electron chi connectivity index (χ0n) is 13.6. The smallest absolute Gasteiger partial charge is 0.344 e.